The van der Waals surface area contributed by atoms with E-state index in [1.807, 2.05) is 0 Å². The first-order valence-electron chi connectivity index (χ1n) is 41.3. The topological polar surface area (TPSA) is 237 Å². The molecule has 3 N–H and O–H groups in total. The summed E-state index contributed by atoms with van der Waals surface area (Å²) in [5.74, 6) is 0.999. The molecule has 0 heterocycles. The molecule has 0 aromatic rings. The van der Waals surface area contributed by atoms with Gasteiger partial charge in [0.2, 0.25) is 0 Å². The molecule has 0 spiro atoms. The molecule has 588 valence electrons. The number of carbonyl (C=O) groups is 4. The van der Waals surface area contributed by atoms with Crippen LogP contribution in [0.5, 0.6) is 0 Å². The van der Waals surface area contributed by atoms with E-state index in [4.69, 9.17) is 37.0 Å². The standard InChI is InChI=1S/C80H156O17P2/c1-9-71(6)57-49-41-33-29-25-21-16-14-12-13-15-17-22-26-30-34-44-52-60-77(82)90-66-76(97-80(85)63-55-47-39-37-43-51-59-73(8)11-3)69-95-99(88,89)93-65-74(81)64-92-98(86,87)94-68-75(67-91-78(83)61-53-45-38-36-42-50-58-72(7)10-2)96-79(84)62-54-46-35-31-27-23-19-18-20-24-28-32-40-48-56-70(4)5/h70-76,81H,9-69H2,1-8H3,(H,86,87)(H,88,89)/t71?,72?,73?,74-,75+,76+/m0/s1. The van der Waals surface area contributed by atoms with Gasteiger partial charge in [0.15, 0.2) is 12.2 Å². The minimum atomic E-state index is -4.96. The molecule has 0 radical (unpaired) electrons. The van der Waals surface area contributed by atoms with Crippen LogP contribution in [-0.4, -0.2) is 96.7 Å². The van der Waals surface area contributed by atoms with Crippen molar-refractivity contribution in [3.63, 3.8) is 0 Å². The van der Waals surface area contributed by atoms with Gasteiger partial charge in [0.1, 0.15) is 19.3 Å². The average molecular weight is 1450 g/mol. The van der Waals surface area contributed by atoms with Gasteiger partial charge in [-0.15, -0.1) is 0 Å². The molecule has 0 rings (SSSR count). The third kappa shape index (κ3) is 70.2. The van der Waals surface area contributed by atoms with Gasteiger partial charge in [-0.05, 0) is 49.4 Å². The fraction of sp³-hybridized carbons (Fsp3) is 0.950. The van der Waals surface area contributed by atoms with E-state index in [0.717, 1.165) is 120 Å². The number of unbranched alkanes of at least 4 members (excludes halogenated alkanes) is 40. The molecule has 0 aliphatic rings. The Morgan fingerprint density at radius 2 is 0.485 bits per heavy atom. The highest BCUT2D eigenvalue weighted by Crippen LogP contribution is 2.45. The number of aliphatic hydroxyl groups is 1. The lowest BCUT2D eigenvalue weighted by molar-refractivity contribution is -0.161. The van der Waals surface area contributed by atoms with Crippen molar-refractivity contribution in [2.75, 3.05) is 39.6 Å². The van der Waals surface area contributed by atoms with Crippen molar-refractivity contribution in [3.8, 4) is 0 Å². The van der Waals surface area contributed by atoms with Gasteiger partial charge in [0, 0.05) is 25.7 Å². The number of phosphoric acid groups is 2. The maximum Gasteiger partial charge on any atom is 0.472 e. The Hall–Kier alpha value is -1.94. The Balaban J connectivity index is 5.14. The van der Waals surface area contributed by atoms with Crippen molar-refractivity contribution in [2.24, 2.45) is 23.7 Å². The van der Waals surface area contributed by atoms with E-state index in [-0.39, 0.29) is 25.7 Å². The number of hydrogen-bond acceptors (Lipinski definition) is 15. The molecular formula is C80H156O17P2. The molecule has 0 amide bonds. The maximum atomic E-state index is 13.1. The van der Waals surface area contributed by atoms with Crippen LogP contribution < -0.4 is 0 Å². The molecule has 0 aliphatic carbocycles. The van der Waals surface area contributed by atoms with Crippen LogP contribution in [0.25, 0.3) is 0 Å². The van der Waals surface area contributed by atoms with E-state index in [0.29, 0.717) is 25.7 Å². The molecular weight excluding hydrogens is 1290 g/mol. The third-order valence-electron chi connectivity index (χ3n) is 19.7. The molecule has 0 aromatic heterocycles. The SMILES string of the molecule is CCC(C)CCCCCCCCCCCCCCCCCCCCC(=O)OC[C@H](COP(=O)(O)OC[C@@H](O)COP(=O)(O)OC[C@@H](COC(=O)CCCCCCCCC(C)CC)OC(=O)CCCCCCCCCCCCCCCCC(C)C)OC(=O)CCCCCCCCC(C)CC. The molecule has 0 aliphatic heterocycles. The fourth-order valence-electron chi connectivity index (χ4n) is 12.2. The lowest BCUT2D eigenvalue weighted by Gasteiger charge is -2.21. The molecule has 8 atom stereocenters. The van der Waals surface area contributed by atoms with Crippen LogP contribution in [0, 0.1) is 23.7 Å². The van der Waals surface area contributed by atoms with Gasteiger partial charge in [0.05, 0.1) is 26.4 Å². The third-order valence-corrected chi connectivity index (χ3v) is 21.6. The highest BCUT2D eigenvalue weighted by Gasteiger charge is 2.30. The zero-order valence-corrected chi connectivity index (χ0v) is 66.9. The summed E-state index contributed by atoms with van der Waals surface area (Å²) in [6, 6.07) is 0. The average Bonchev–Trinajstić information content (AvgIpc) is 1.23. The van der Waals surface area contributed by atoms with Gasteiger partial charge in [-0.1, -0.05) is 357 Å². The summed E-state index contributed by atoms with van der Waals surface area (Å²) in [5, 5.41) is 10.6. The van der Waals surface area contributed by atoms with E-state index in [9.17, 15) is 43.2 Å². The second-order valence-electron chi connectivity index (χ2n) is 30.0. The van der Waals surface area contributed by atoms with Crippen LogP contribution in [0.15, 0.2) is 0 Å². The van der Waals surface area contributed by atoms with E-state index in [1.54, 1.807) is 0 Å². The summed E-state index contributed by atoms with van der Waals surface area (Å²) in [6.07, 6.45) is 55.7. The normalized spacial score (nSPS) is 14.9. The van der Waals surface area contributed by atoms with Crippen LogP contribution in [-0.2, 0) is 65.4 Å². The summed E-state index contributed by atoms with van der Waals surface area (Å²) in [7, 11) is -9.92. The first-order chi connectivity index (χ1) is 47.7. The largest absolute Gasteiger partial charge is 0.472 e. The van der Waals surface area contributed by atoms with Gasteiger partial charge < -0.3 is 33.8 Å². The van der Waals surface area contributed by atoms with Gasteiger partial charge in [-0.3, -0.25) is 37.3 Å². The molecule has 17 nitrogen and oxygen atoms in total. The summed E-state index contributed by atoms with van der Waals surface area (Å²) in [4.78, 5) is 72.9. The monoisotopic (exact) mass is 1450 g/mol. The minimum Gasteiger partial charge on any atom is -0.462 e. The smallest absolute Gasteiger partial charge is 0.462 e. The Kier molecular flexibility index (Phi) is 67.8. The molecule has 99 heavy (non-hydrogen) atoms. The lowest BCUT2D eigenvalue weighted by Crippen LogP contribution is -2.30. The highest BCUT2D eigenvalue weighted by atomic mass is 31.2. The zero-order valence-electron chi connectivity index (χ0n) is 65.1. The summed E-state index contributed by atoms with van der Waals surface area (Å²) in [6.45, 7) is 14.2. The second-order valence-corrected chi connectivity index (χ2v) is 32.9. The Labute approximate surface area is 607 Å². The number of phosphoric ester groups is 2. The van der Waals surface area contributed by atoms with Crippen molar-refractivity contribution < 1.29 is 80.2 Å². The van der Waals surface area contributed by atoms with Crippen LogP contribution >= 0.6 is 15.6 Å². The van der Waals surface area contributed by atoms with Crippen LogP contribution in [0.4, 0.5) is 0 Å². The van der Waals surface area contributed by atoms with Gasteiger partial charge in [0.25, 0.3) is 0 Å². The quantitative estimate of drug-likeness (QED) is 0.0222. The Morgan fingerprint density at radius 1 is 0.283 bits per heavy atom. The zero-order chi connectivity index (χ0) is 73.1. The summed E-state index contributed by atoms with van der Waals surface area (Å²) >= 11 is 0. The van der Waals surface area contributed by atoms with Gasteiger partial charge >= 0.3 is 39.5 Å². The molecule has 0 bridgehead atoms. The van der Waals surface area contributed by atoms with Crippen molar-refractivity contribution in [3.05, 3.63) is 0 Å². The molecule has 0 saturated heterocycles. The van der Waals surface area contributed by atoms with Crippen molar-refractivity contribution in [1.29, 1.82) is 0 Å². The van der Waals surface area contributed by atoms with Crippen LogP contribution in [0.2, 0.25) is 0 Å². The summed E-state index contributed by atoms with van der Waals surface area (Å²) in [5.41, 5.74) is 0. The highest BCUT2D eigenvalue weighted by molar-refractivity contribution is 7.47. The van der Waals surface area contributed by atoms with E-state index in [1.165, 1.54) is 205 Å². The van der Waals surface area contributed by atoms with E-state index < -0.39 is 97.5 Å². The summed E-state index contributed by atoms with van der Waals surface area (Å²) < 4.78 is 68.6. The van der Waals surface area contributed by atoms with E-state index in [2.05, 4.69) is 55.4 Å². The molecule has 0 aromatic carbocycles. The molecule has 0 fully saturated rings. The number of aliphatic hydroxyl groups excluding tert-OH is 1. The van der Waals surface area contributed by atoms with Crippen LogP contribution in [0.1, 0.15) is 409 Å². The Morgan fingerprint density at radius 3 is 0.717 bits per heavy atom. The fourth-order valence-corrected chi connectivity index (χ4v) is 13.7. The maximum absolute atomic E-state index is 13.1. The number of rotatable bonds is 77. The molecule has 0 saturated carbocycles. The Bertz CT molecular complexity index is 1940. The van der Waals surface area contributed by atoms with E-state index >= 15 is 0 Å². The van der Waals surface area contributed by atoms with Crippen molar-refractivity contribution in [2.45, 2.75) is 427 Å². The minimum absolute atomic E-state index is 0.103. The first-order valence-corrected chi connectivity index (χ1v) is 44.3. The first kappa shape index (κ1) is 97.1. The van der Waals surface area contributed by atoms with Gasteiger partial charge in [-0.2, -0.15) is 0 Å². The lowest BCUT2D eigenvalue weighted by atomic mass is 9.99. The predicted octanol–water partition coefficient (Wildman–Crippen LogP) is 23.6. The predicted molar refractivity (Wildman–Crippen MR) is 404 cm³/mol. The molecule has 19 heteroatoms. The van der Waals surface area contributed by atoms with Gasteiger partial charge in [-0.25, -0.2) is 9.13 Å². The number of hydrogen-bond donors (Lipinski definition) is 3. The van der Waals surface area contributed by atoms with Crippen molar-refractivity contribution >= 4 is 39.5 Å². The molecule has 5 unspecified atom stereocenters. The number of carbonyl (C=O) groups excluding carboxylic acids is 4. The number of ether oxygens (including phenoxy) is 4. The second kappa shape index (κ2) is 69.1. The van der Waals surface area contributed by atoms with Crippen LogP contribution in [0.3, 0.4) is 0 Å². The van der Waals surface area contributed by atoms with Crippen molar-refractivity contribution in [1.82, 2.24) is 0 Å². The number of esters is 4.